The molecule has 0 fully saturated rings. The molecule has 0 saturated heterocycles. The second-order valence-corrected chi connectivity index (χ2v) is 8.17. The lowest BCUT2D eigenvalue weighted by Gasteiger charge is -2.24. The molecule has 0 atom stereocenters. The smallest absolute Gasteiger partial charge is 0.242 e. The number of carbonyl (C=O) groups is 3. The molecule has 0 radical (unpaired) electrons. The summed E-state index contributed by atoms with van der Waals surface area (Å²) < 4.78 is 37.1. The van der Waals surface area contributed by atoms with E-state index in [1.165, 1.54) is 45.5 Å². The first-order valence-electron chi connectivity index (χ1n) is 12.0. The Balaban J connectivity index is 2.41. The van der Waals surface area contributed by atoms with Gasteiger partial charge in [-0.15, -0.1) is 0 Å². The average Bonchev–Trinajstić information content (AvgIpc) is 2.94. The zero-order valence-corrected chi connectivity index (χ0v) is 22.6. The zero-order valence-electron chi connectivity index (χ0n) is 22.6. The quantitative estimate of drug-likeness (QED) is 0.263. The Morgan fingerprint density at radius 3 is 1.47 bits per heavy atom. The van der Waals surface area contributed by atoms with Gasteiger partial charge in [0.15, 0.2) is 23.0 Å². The van der Waals surface area contributed by atoms with Gasteiger partial charge in [-0.25, -0.2) is 4.39 Å². The second-order valence-electron chi connectivity index (χ2n) is 8.17. The van der Waals surface area contributed by atoms with Crippen molar-refractivity contribution in [3.8, 4) is 23.0 Å². The fourth-order valence-electron chi connectivity index (χ4n) is 3.71. The van der Waals surface area contributed by atoms with Crippen molar-refractivity contribution >= 4 is 29.6 Å². The van der Waals surface area contributed by atoms with Crippen LogP contribution in [0.15, 0.2) is 48.6 Å². The number of carbonyl (C=O) groups excluding carboxylic acids is 3. The number of amides is 1. The summed E-state index contributed by atoms with van der Waals surface area (Å²) in [5, 5.41) is 0. The molecule has 0 bridgehead atoms. The van der Waals surface area contributed by atoms with Crippen molar-refractivity contribution in [2.24, 2.45) is 0 Å². The predicted molar refractivity (Wildman–Crippen MR) is 144 cm³/mol. The van der Waals surface area contributed by atoms with Crippen LogP contribution in [-0.2, 0) is 14.4 Å². The molecule has 0 aliphatic rings. The molecule has 0 saturated carbocycles. The summed E-state index contributed by atoms with van der Waals surface area (Å²) in [5.41, 5.74) is -2.07. The van der Waals surface area contributed by atoms with Crippen LogP contribution in [0.3, 0.4) is 0 Å². The highest BCUT2D eigenvalue weighted by molar-refractivity contribution is 6.21. The summed E-state index contributed by atoms with van der Waals surface area (Å²) in [6.07, 6.45) is 3.70. The highest BCUT2D eigenvalue weighted by Crippen LogP contribution is 2.30. The first-order valence-corrected chi connectivity index (χ1v) is 12.0. The maximum Gasteiger partial charge on any atom is 0.242 e. The van der Waals surface area contributed by atoms with Gasteiger partial charge in [0.05, 0.1) is 34.9 Å². The van der Waals surface area contributed by atoms with Gasteiger partial charge in [-0.05, 0) is 61.4 Å². The molecule has 0 aliphatic heterocycles. The molecule has 8 nitrogen and oxygen atoms in total. The lowest BCUT2D eigenvalue weighted by molar-refractivity contribution is -0.145. The topological polar surface area (TPSA) is 91.4 Å². The third-order valence-electron chi connectivity index (χ3n) is 5.96. The van der Waals surface area contributed by atoms with E-state index in [1.807, 2.05) is 0 Å². The van der Waals surface area contributed by atoms with E-state index in [4.69, 9.17) is 18.9 Å². The van der Waals surface area contributed by atoms with Crippen LogP contribution in [0.25, 0.3) is 12.2 Å². The van der Waals surface area contributed by atoms with Gasteiger partial charge in [0.1, 0.15) is 0 Å². The van der Waals surface area contributed by atoms with Crippen molar-refractivity contribution < 1.29 is 37.7 Å². The van der Waals surface area contributed by atoms with E-state index in [1.54, 1.807) is 50.2 Å². The number of ketones is 2. The van der Waals surface area contributed by atoms with Gasteiger partial charge < -0.3 is 23.8 Å². The van der Waals surface area contributed by atoms with Crippen LogP contribution in [0.1, 0.15) is 31.4 Å². The Morgan fingerprint density at radius 2 is 1.13 bits per heavy atom. The SMILES string of the molecule is CCN(CC)C(=O)CC(F)(C(=O)/C=C/c1ccc(OC)c(OC)c1)C(=O)/C=C/c1ccc(OC)c(OC)c1. The molecule has 2 aromatic rings. The normalized spacial score (nSPS) is 11.4. The summed E-state index contributed by atoms with van der Waals surface area (Å²) in [6, 6.07) is 9.75. The molecule has 0 unspecified atom stereocenters. The van der Waals surface area contributed by atoms with Crippen molar-refractivity contribution in [2.45, 2.75) is 25.9 Å². The van der Waals surface area contributed by atoms with Crippen LogP contribution in [0, 0.1) is 0 Å². The van der Waals surface area contributed by atoms with Crippen LogP contribution in [0.2, 0.25) is 0 Å². The van der Waals surface area contributed by atoms with Crippen LogP contribution >= 0.6 is 0 Å². The fraction of sp³-hybridized carbons (Fsp3) is 0.345. The number of methoxy groups -OCH3 is 4. The fourth-order valence-corrected chi connectivity index (χ4v) is 3.71. The van der Waals surface area contributed by atoms with E-state index < -0.39 is 29.6 Å². The first kappa shape index (κ1) is 30.1. The molecule has 9 heteroatoms. The maximum absolute atomic E-state index is 16.3. The minimum atomic E-state index is -3.10. The number of benzene rings is 2. The molecule has 204 valence electrons. The Bertz CT molecular complexity index is 1120. The van der Waals surface area contributed by atoms with Crippen LogP contribution < -0.4 is 18.9 Å². The van der Waals surface area contributed by atoms with E-state index in [2.05, 4.69) is 0 Å². The first-order chi connectivity index (χ1) is 18.2. The Labute approximate surface area is 222 Å². The Hall–Kier alpha value is -4.14. The highest BCUT2D eigenvalue weighted by atomic mass is 19.1. The summed E-state index contributed by atoms with van der Waals surface area (Å²) in [5.74, 6) is -1.13. The van der Waals surface area contributed by atoms with Crippen molar-refractivity contribution in [1.82, 2.24) is 4.90 Å². The van der Waals surface area contributed by atoms with Gasteiger partial charge >= 0.3 is 0 Å². The summed E-state index contributed by atoms with van der Waals surface area (Å²) in [7, 11) is 5.90. The van der Waals surface area contributed by atoms with Crippen molar-refractivity contribution in [1.29, 1.82) is 0 Å². The molecule has 0 heterocycles. The van der Waals surface area contributed by atoms with Crippen LogP contribution in [0.5, 0.6) is 23.0 Å². The van der Waals surface area contributed by atoms with E-state index in [9.17, 15) is 14.4 Å². The van der Waals surface area contributed by atoms with Gasteiger partial charge in [-0.1, -0.05) is 24.3 Å². The molecule has 0 aromatic heterocycles. The molecule has 0 N–H and O–H groups in total. The number of hydrogen-bond donors (Lipinski definition) is 0. The second kappa shape index (κ2) is 14.0. The highest BCUT2D eigenvalue weighted by Gasteiger charge is 2.46. The molecule has 38 heavy (non-hydrogen) atoms. The number of alkyl halides is 1. The van der Waals surface area contributed by atoms with E-state index >= 15 is 4.39 Å². The lowest BCUT2D eigenvalue weighted by Crippen LogP contribution is -2.46. The summed E-state index contributed by atoms with van der Waals surface area (Å²) >= 11 is 0. The van der Waals surface area contributed by atoms with E-state index in [-0.39, 0.29) is 0 Å². The number of ether oxygens (including phenoxy) is 4. The maximum atomic E-state index is 16.3. The van der Waals surface area contributed by atoms with Gasteiger partial charge in [0.2, 0.25) is 23.1 Å². The molecular weight excluding hydrogens is 493 g/mol. The van der Waals surface area contributed by atoms with Crippen LogP contribution in [-0.4, -0.2) is 69.6 Å². The van der Waals surface area contributed by atoms with Gasteiger partial charge in [-0.3, -0.25) is 14.4 Å². The predicted octanol–water partition coefficient (Wildman–Crippen LogP) is 4.55. The summed E-state index contributed by atoms with van der Waals surface area (Å²) in [6.45, 7) is 4.10. The van der Waals surface area contributed by atoms with E-state index in [0.29, 0.717) is 47.2 Å². The van der Waals surface area contributed by atoms with Gasteiger partial charge in [0, 0.05) is 13.1 Å². The largest absolute Gasteiger partial charge is 0.493 e. The molecule has 1 amide bonds. The number of halogens is 1. The molecule has 0 spiro atoms. The van der Waals surface area contributed by atoms with Crippen LogP contribution in [0.4, 0.5) is 4.39 Å². The van der Waals surface area contributed by atoms with Crippen molar-refractivity contribution in [3.63, 3.8) is 0 Å². The van der Waals surface area contributed by atoms with Crippen molar-refractivity contribution in [2.75, 3.05) is 41.5 Å². The zero-order chi connectivity index (χ0) is 28.3. The van der Waals surface area contributed by atoms with Crippen molar-refractivity contribution in [3.05, 3.63) is 59.7 Å². The summed E-state index contributed by atoms with van der Waals surface area (Å²) in [4.78, 5) is 40.3. The number of hydrogen-bond acceptors (Lipinski definition) is 7. The molecule has 0 aliphatic carbocycles. The molecule has 2 aromatic carbocycles. The number of rotatable bonds is 14. The minimum Gasteiger partial charge on any atom is -0.493 e. The number of nitrogens with zero attached hydrogens (tertiary/aromatic N) is 1. The minimum absolute atomic E-state index is 0.316. The Kier molecular flexibility index (Phi) is 11.1. The third kappa shape index (κ3) is 7.21. The van der Waals surface area contributed by atoms with Gasteiger partial charge in [0.25, 0.3) is 0 Å². The number of allylic oxidation sites excluding steroid dienone is 2. The van der Waals surface area contributed by atoms with Gasteiger partial charge in [-0.2, -0.15) is 0 Å². The Morgan fingerprint density at radius 1 is 0.737 bits per heavy atom. The molecular formula is C29H34FNO7. The lowest BCUT2D eigenvalue weighted by atomic mass is 9.89. The standard InChI is InChI=1S/C29H34FNO7/c1-7-31(8-2)28(34)19-29(30,26(32)15-11-20-9-13-22(35-3)24(17-20)37-5)27(33)16-12-21-10-14-23(36-4)25(18-21)38-6/h9-18H,7-8,19H2,1-6H3/b15-11+,16-12+. The molecule has 2 rings (SSSR count). The monoisotopic (exact) mass is 527 g/mol. The third-order valence-corrected chi connectivity index (χ3v) is 5.96. The average molecular weight is 528 g/mol. The van der Waals surface area contributed by atoms with E-state index in [0.717, 1.165) is 12.2 Å².